The molecule has 0 saturated carbocycles. The van der Waals surface area contributed by atoms with Gasteiger partial charge >= 0.3 is 0 Å². The molecule has 0 spiro atoms. The first-order valence-corrected chi connectivity index (χ1v) is 8.75. The summed E-state index contributed by atoms with van der Waals surface area (Å²) in [5, 5.41) is 0. The van der Waals surface area contributed by atoms with Gasteiger partial charge in [0, 0.05) is 30.1 Å². The molecule has 3 aromatic rings. The number of hydrogen-bond acceptors (Lipinski definition) is 2. The van der Waals surface area contributed by atoms with Crippen LogP contribution >= 0.6 is 0 Å². The Kier molecular flexibility index (Phi) is 3.79. The van der Waals surface area contributed by atoms with Crippen LogP contribution < -0.4 is 0 Å². The third-order valence-corrected chi connectivity index (χ3v) is 4.88. The van der Waals surface area contributed by atoms with E-state index in [9.17, 15) is 4.79 Å². The van der Waals surface area contributed by atoms with Crippen molar-refractivity contribution in [3.05, 3.63) is 83.3 Å². The summed E-state index contributed by atoms with van der Waals surface area (Å²) >= 11 is 0. The van der Waals surface area contributed by atoms with Crippen molar-refractivity contribution in [3.63, 3.8) is 0 Å². The van der Waals surface area contributed by atoms with Crippen LogP contribution in [0.2, 0.25) is 0 Å². The molecule has 1 aliphatic rings. The Morgan fingerprint density at radius 3 is 2.52 bits per heavy atom. The highest BCUT2D eigenvalue weighted by molar-refractivity contribution is 6.00. The highest BCUT2D eigenvalue weighted by atomic mass is 16.1. The number of hydrogen-bond donors (Lipinski definition) is 0. The van der Waals surface area contributed by atoms with Gasteiger partial charge in [-0.3, -0.25) is 4.79 Å². The van der Waals surface area contributed by atoms with Crippen molar-refractivity contribution >= 4 is 5.78 Å². The monoisotopic (exact) mass is 330 g/mol. The van der Waals surface area contributed by atoms with Crippen molar-refractivity contribution in [3.8, 4) is 5.82 Å². The molecule has 0 aliphatic heterocycles. The molecule has 25 heavy (non-hydrogen) atoms. The summed E-state index contributed by atoms with van der Waals surface area (Å²) in [6.45, 7) is 4.33. The quantitative estimate of drug-likeness (QED) is 0.702. The van der Waals surface area contributed by atoms with E-state index in [0.29, 0.717) is 6.42 Å². The average molecular weight is 330 g/mol. The molecule has 126 valence electrons. The number of pyridine rings is 1. The Bertz CT molecular complexity index is 908. The van der Waals surface area contributed by atoms with Crippen molar-refractivity contribution in [1.29, 1.82) is 0 Å². The fourth-order valence-corrected chi connectivity index (χ4v) is 3.81. The van der Waals surface area contributed by atoms with E-state index in [1.54, 1.807) is 6.20 Å². The summed E-state index contributed by atoms with van der Waals surface area (Å²) in [5.74, 6) is 1.13. The Morgan fingerprint density at radius 1 is 1.04 bits per heavy atom. The molecule has 1 aromatic carbocycles. The van der Waals surface area contributed by atoms with E-state index >= 15 is 0 Å². The van der Waals surface area contributed by atoms with Crippen molar-refractivity contribution in [2.45, 2.75) is 33.1 Å². The van der Waals surface area contributed by atoms with Gasteiger partial charge in [-0.1, -0.05) is 50.2 Å². The van der Waals surface area contributed by atoms with E-state index in [4.69, 9.17) is 0 Å². The number of benzene rings is 1. The minimum atomic E-state index is -0.0149. The van der Waals surface area contributed by atoms with Gasteiger partial charge in [-0.05, 0) is 41.5 Å². The van der Waals surface area contributed by atoms with Crippen LogP contribution in [0.5, 0.6) is 0 Å². The zero-order valence-corrected chi connectivity index (χ0v) is 14.7. The van der Waals surface area contributed by atoms with Crippen LogP contribution in [-0.2, 0) is 12.8 Å². The molecule has 0 amide bonds. The zero-order valence-electron chi connectivity index (χ0n) is 14.7. The molecule has 2 heterocycles. The van der Waals surface area contributed by atoms with Crippen LogP contribution in [0.1, 0.15) is 47.4 Å². The van der Waals surface area contributed by atoms with Gasteiger partial charge in [0.15, 0.2) is 5.78 Å². The van der Waals surface area contributed by atoms with Gasteiger partial charge in [0.2, 0.25) is 0 Å². The van der Waals surface area contributed by atoms with Gasteiger partial charge in [0.05, 0.1) is 0 Å². The fraction of sp³-hybridized carbons (Fsp3) is 0.273. The van der Waals surface area contributed by atoms with Crippen molar-refractivity contribution in [2.75, 3.05) is 0 Å². The van der Waals surface area contributed by atoms with Crippen molar-refractivity contribution < 1.29 is 4.79 Å². The molecular formula is C22H22N2O. The number of rotatable bonds is 3. The van der Waals surface area contributed by atoms with Gasteiger partial charge in [-0.2, -0.15) is 0 Å². The summed E-state index contributed by atoms with van der Waals surface area (Å²) in [6.07, 6.45) is 6.18. The first kappa shape index (κ1) is 15.8. The normalized spacial score (nSPS) is 15.8. The molecule has 3 nitrogen and oxygen atoms in total. The van der Waals surface area contributed by atoms with E-state index < -0.39 is 0 Å². The lowest BCUT2D eigenvalue weighted by Gasteiger charge is -2.30. The number of carbonyl (C=O) groups excluding carboxylic acids is 1. The molecule has 3 heteroatoms. The molecule has 0 bridgehead atoms. The lowest BCUT2D eigenvalue weighted by molar-refractivity contribution is 0.0910. The molecule has 0 fully saturated rings. The third kappa shape index (κ3) is 3.02. The first-order valence-electron chi connectivity index (χ1n) is 8.75. The first-order chi connectivity index (χ1) is 12.0. The highest BCUT2D eigenvalue weighted by Gasteiger charge is 2.35. The molecule has 2 aromatic heterocycles. The van der Waals surface area contributed by atoms with Crippen LogP contribution in [-0.4, -0.2) is 15.3 Å². The average Bonchev–Trinajstić information content (AvgIpc) is 2.93. The molecule has 0 radical (unpaired) electrons. The summed E-state index contributed by atoms with van der Waals surface area (Å²) in [4.78, 5) is 17.4. The van der Waals surface area contributed by atoms with Crippen LogP contribution in [0.3, 0.4) is 0 Å². The smallest absolute Gasteiger partial charge is 0.165 e. The van der Waals surface area contributed by atoms with Crippen LogP contribution in [0.15, 0.2) is 60.9 Å². The summed E-state index contributed by atoms with van der Waals surface area (Å²) < 4.78 is 2.12. The van der Waals surface area contributed by atoms with E-state index in [-0.39, 0.29) is 11.2 Å². The molecule has 4 rings (SSSR count). The maximum Gasteiger partial charge on any atom is 0.165 e. The molecule has 0 saturated heterocycles. The number of nitrogens with zero attached hydrogens (tertiary/aromatic N) is 2. The SMILES string of the molecule is CC1(C)CC(=O)c2c(Cc3ccccc3)cn(-c3ccccn3)c2C1. The van der Waals surface area contributed by atoms with E-state index in [0.717, 1.165) is 35.5 Å². The van der Waals surface area contributed by atoms with Crippen LogP contribution in [0.25, 0.3) is 5.82 Å². The Morgan fingerprint density at radius 2 is 1.80 bits per heavy atom. The minimum Gasteiger partial charge on any atom is -0.305 e. The van der Waals surface area contributed by atoms with E-state index in [1.807, 2.05) is 36.4 Å². The maximum absolute atomic E-state index is 12.9. The Labute approximate surface area is 148 Å². The lowest BCUT2D eigenvalue weighted by Crippen LogP contribution is -2.28. The largest absolute Gasteiger partial charge is 0.305 e. The zero-order chi connectivity index (χ0) is 17.4. The fourth-order valence-electron chi connectivity index (χ4n) is 3.81. The lowest BCUT2D eigenvalue weighted by atomic mass is 9.75. The van der Waals surface area contributed by atoms with Gasteiger partial charge in [-0.15, -0.1) is 0 Å². The predicted molar refractivity (Wildman–Crippen MR) is 99.2 cm³/mol. The standard InChI is InChI=1S/C22H22N2O/c1-22(2)13-18-21(19(25)14-22)17(12-16-8-4-3-5-9-16)15-24(18)20-10-6-7-11-23-20/h3-11,15H,12-14H2,1-2H3. The van der Waals surface area contributed by atoms with Gasteiger partial charge in [-0.25, -0.2) is 4.98 Å². The summed E-state index contributed by atoms with van der Waals surface area (Å²) in [5.41, 5.74) is 4.33. The summed E-state index contributed by atoms with van der Waals surface area (Å²) in [7, 11) is 0. The predicted octanol–water partition coefficient (Wildman–Crippen LogP) is 4.62. The number of carbonyl (C=O) groups is 1. The number of ketones is 1. The highest BCUT2D eigenvalue weighted by Crippen LogP contribution is 2.38. The van der Waals surface area contributed by atoms with Crippen LogP contribution in [0, 0.1) is 5.41 Å². The Hall–Kier alpha value is -2.68. The minimum absolute atomic E-state index is 0.0149. The molecule has 0 unspecified atom stereocenters. The maximum atomic E-state index is 12.9. The van der Waals surface area contributed by atoms with E-state index in [1.165, 1.54) is 5.56 Å². The molecule has 0 N–H and O–H groups in total. The van der Waals surface area contributed by atoms with Gasteiger partial charge in [0.1, 0.15) is 5.82 Å². The second-order valence-electron chi connectivity index (χ2n) is 7.64. The number of aromatic nitrogens is 2. The second-order valence-corrected chi connectivity index (χ2v) is 7.64. The van der Waals surface area contributed by atoms with Gasteiger partial charge < -0.3 is 4.57 Å². The molecule has 0 atom stereocenters. The molecule has 1 aliphatic carbocycles. The van der Waals surface area contributed by atoms with E-state index in [2.05, 4.69) is 41.7 Å². The number of fused-ring (bicyclic) bond motifs is 1. The number of Topliss-reactive ketones (excluding diaryl/α,β-unsaturated/α-hetero) is 1. The van der Waals surface area contributed by atoms with Gasteiger partial charge in [0.25, 0.3) is 0 Å². The Balaban J connectivity index is 1.86. The molecular weight excluding hydrogens is 308 g/mol. The van der Waals surface area contributed by atoms with Crippen molar-refractivity contribution in [2.24, 2.45) is 5.41 Å². The van der Waals surface area contributed by atoms with Crippen molar-refractivity contribution in [1.82, 2.24) is 9.55 Å². The topological polar surface area (TPSA) is 34.9 Å². The second kappa shape index (κ2) is 5.99. The third-order valence-electron chi connectivity index (χ3n) is 4.88. The summed E-state index contributed by atoms with van der Waals surface area (Å²) in [6, 6.07) is 16.2. The van der Waals surface area contributed by atoms with Crippen LogP contribution in [0.4, 0.5) is 0 Å².